The highest BCUT2D eigenvalue weighted by Crippen LogP contribution is 2.18. The van der Waals surface area contributed by atoms with Crippen molar-refractivity contribution in [3.63, 3.8) is 0 Å². The molecule has 0 bridgehead atoms. The van der Waals surface area contributed by atoms with E-state index in [-0.39, 0.29) is 35.4 Å². The topological polar surface area (TPSA) is 98.0 Å². The number of aromatic amines is 1. The first-order chi connectivity index (χ1) is 16.7. The van der Waals surface area contributed by atoms with E-state index in [1.807, 2.05) is 11.0 Å². The predicted molar refractivity (Wildman–Crippen MR) is 133 cm³/mol. The van der Waals surface area contributed by atoms with Crippen LogP contribution in [0, 0.1) is 11.3 Å². The minimum Gasteiger partial charge on any atom is -0.336 e. The number of halogens is 1. The minimum absolute atomic E-state index is 0.0443. The number of carbonyl (C=O) groups is 1. The summed E-state index contributed by atoms with van der Waals surface area (Å²) in [6, 6.07) is 5.87. The molecule has 186 valence electrons. The summed E-state index contributed by atoms with van der Waals surface area (Å²) in [5, 5.41) is 12.0. The molecule has 1 fully saturated rings. The van der Waals surface area contributed by atoms with Crippen LogP contribution in [0.2, 0.25) is 0 Å². The highest BCUT2D eigenvalue weighted by atomic mass is 19.1. The maximum absolute atomic E-state index is 13.7. The molecule has 3 heterocycles. The van der Waals surface area contributed by atoms with Gasteiger partial charge in [0.05, 0.1) is 11.1 Å². The van der Waals surface area contributed by atoms with Gasteiger partial charge in [-0.2, -0.15) is 5.26 Å². The van der Waals surface area contributed by atoms with E-state index in [9.17, 15) is 14.0 Å². The van der Waals surface area contributed by atoms with Gasteiger partial charge in [-0.05, 0) is 45.4 Å². The maximum Gasteiger partial charge on any atom is 0.276 e. The predicted octanol–water partition coefficient (Wildman–Crippen LogP) is 3.93. The number of nitrogens with zero attached hydrogens (tertiary/aromatic N) is 5. The van der Waals surface area contributed by atoms with Gasteiger partial charge in [0.2, 0.25) is 0 Å². The van der Waals surface area contributed by atoms with Crippen molar-refractivity contribution in [1.82, 2.24) is 24.6 Å². The van der Waals surface area contributed by atoms with Crippen LogP contribution in [0.5, 0.6) is 0 Å². The van der Waals surface area contributed by atoms with Crippen molar-refractivity contribution in [2.45, 2.75) is 59.0 Å². The van der Waals surface area contributed by atoms with E-state index in [4.69, 9.17) is 5.26 Å². The Morgan fingerprint density at radius 2 is 2.09 bits per heavy atom. The molecule has 1 saturated heterocycles. The number of nitrogens with one attached hydrogen (secondary N) is 1. The van der Waals surface area contributed by atoms with Crippen LogP contribution in [0.4, 0.5) is 4.39 Å². The quantitative estimate of drug-likeness (QED) is 0.478. The summed E-state index contributed by atoms with van der Waals surface area (Å²) < 4.78 is 15.0. The second kappa shape index (κ2) is 11.3. The highest BCUT2D eigenvalue weighted by molar-refractivity contribution is 5.94. The van der Waals surface area contributed by atoms with Crippen LogP contribution >= 0.6 is 0 Å². The van der Waals surface area contributed by atoms with Gasteiger partial charge in [-0.1, -0.05) is 19.9 Å². The van der Waals surface area contributed by atoms with Gasteiger partial charge in [0, 0.05) is 55.6 Å². The molecule has 2 aromatic rings. The molecule has 2 aromatic heterocycles. The van der Waals surface area contributed by atoms with Gasteiger partial charge in [0.15, 0.2) is 5.82 Å². The highest BCUT2D eigenvalue weighted by Gasteiger charge is 2.28. The summed E-state index contributed by atoms with van der Waals surface area (Å²) in [5.74, 6) is -0.544. The van der Waals surface area contributed by atoms with Crippen LogP contribution in [0.3, 0.4) is 0 Å². The fourth-order valence-corrected chi connectivity index (χ4v) is 4.35. The number of aromatic nitrogens is 3. The summed E-state index contributed by atoms with van der Waals surface area (Å²) in [7, 11) is 0. The molecule has 0 saturated carbocycles. The Hall–Kier alpha value is -3.51. The first-order valence-corrected chi connectivity index (χ1v) is 12.0. The van der Waals surface area contributed by atoms with Gasteiger partial charge >= 0.3 is 0 Å². The number of H-pyrrole nitrogens is 1. The van der Waals surface area contributed by atoms with Gasteiger partial charge in [-0.3, -0.25) is 19.6 Å². The first kappa shape index (κ1) is 26.1. The molecule has 2 atom stereocenters. The Kier molecular flexibility index (Phi) is 8.41. The van der Waals surface area contributed by atoms with Crippen molar-refractivity contribution in [3.8, 4) is 11.9 Å². The lowest BCUT2D eigenvalue weighted by Crippen LogP contribution is -2.55. The molecule has 35 heavy (non-hydrogen) atoms. The average Bonchev–Trinajstić information content (AvgIpc) is 3.24. The SMILES string of the molecule is CC/C(F)=C(C#N)\C=C/C(C)c1c[nH]n(-c2ccc(C(=O)N3CCN(C(C)C)[C@@H](C)C3)cn2)c1=O. The van der Waals surface area contributed by atoms with Crippen molar-refractivity contribution < 1.29 is 9.18 Å². The van der Waals surface area contributed by atoms with E-state index in [1.165, 1.54) is 17.0 Å². The van der Waals surface area contributed by atoms with Crippen LogP contribution in [-0.2, 0) is 0 Å². The number of piperazine rings is 1. The van der Waals surface area contributed by atoms with E-state index in [0.29, 0.717) is 36.1 Å². The molecule has 1 aliphatic rings. The lowest BCUT2D eigenvalue weighted by molar-refractivity contribution is 0.0426. The zero-order valence-corrected chi connectivity index (χ0v) is 21.0. The van der Waals surface area contributed by atoms with E-state index in [2.05, 4.69) is 35.8 Å². The molecular formula is C26H33FN6O2. The van der Waals surface area contributed by atoms with Crippen LogP contribution in [0.25, 0.3) is 5.82 Å². The number of rotatable bonds is 7. The average molecular weight is 481 g/mol. The molecule has 0 aromatic carbocycles. The number of pyridine rings is 1. The van der Waals surface area contributed by atoms with Crippen molar-refractivity contribution in [2.75, 3.05) is 19.6 Å². The largest absolute Gasteiger partial charge is 0.336 e. The molecule has 8 nitrogen and oxygen atoms in total. The molecule has 3 rings (SSSR count). The van der Waals surface area contributed by atoms with Crippen molar-refractivity contribution >= 4 is 5.91 Å². The summed E-state index contributed by atoms with van der Waals surface area (Å²) >= 11 is 0. The third kappa shape index (κ3) is 5.77. The van der Waals surface area contributed by atoms with Gasteiger partial charge in [-0.15, -0.1) is 0 Å². The van der Waals surface area contributed by atoms with Gasteiger partial charge < -0.3 is 4.90 Å². The van der Waals surface area contributed by atoms with E-state index < -0.39 is 5.83 Å². The number of carbonyl (C=O) groups excluding carboxylic acids is 1. The second-order valence-corrected chi connectivity index (χ2v) is 9.14. The van der Waals surface area contributed by atoms with E-state index in [0.717, 1.165) is 6.54 Å². The number of allylic oxidation sites excluding steroid dienone is 4. The summed E-state index contributed by atoms with van der Waals surface area (Å²) in [6.07, 6.45) is 6.22. The van der Waals surface area contributed by atoms with Crippen LogP contribution in [0.1, 0.15) is 62.9 Å². The third-order valence-corrected chi connectivity index (χ3v) is 6.42. The molecule has 0 radical (unpaired) electrons. The van der Waals surface area contributed by atoms with Crippen LogP contribution in [-0.4, -0.2) is 62.2 Å². The first-order valence-electron chi connectivity index (χ1n) is 12.0. The number of hydrogen-bond acceptors (Lipinski definition) is 5. The lowest BCUT2D eigenvalue weighted by Gasteiger charge is -2.42. The van der Waals surface area contributed by atoms with E-state index >= 15 is 0 Å². The summed E-state index contributed by atoms with van der Waals surface area (Å²) in [5.41, 5.74) is 0.584. The van der Waals surface area contributed by atoms with Crippen LogP contribution < -0.4 is 5.56 Å². The van der Waals surface area contributed by atoms with Crippen LogP contribution in [0.15, 0.2) is 52.9 Å². The lowest BCUT2D eigenvalue weighted by atomic mass is 10.0. The molecule has 1 amide bonds. The van der Waals surface area contributed by atoms with Gasteiger partial charge in [0.1, 0.15) is 11.9 Å². The Balaban J connectivity index is 1.73. The number of amides is 1. The van der Waals surface area contributed by atoms with Crippen molar-refractivity contribution in [3.05, 3.63) is 69.6 Å². The normalized spacial score (nSPS) is 18.6. The fraction of sp³-hybridized carbons (Fsp3) is 0.462. The molecule has 9 heteroatoms. The number of hydrogen-bond donors (Lipinski definition) is 1. The Labute approximate surface area is 205 Å². The van der Waals surface area contributed by atoms with Gasteiger partial charge in [-0.25, -0.2) is 14.1 Å². The second-order valence-electron chi connectivity index (χ2n) is 9.14. The molecular weight excluding hydrogens is 447 g/mol. The van der Waals surface area contributed by atoms with Crippen molar-refractivity contribution in [2.24, 2.45) is 0 Å². The Morgan fingerprint density at radius 3 is 2.66 bits per heavy atom. The molecule has 0 spiro atoms. The molecule has 1 N–H and O–H groups in total. The van der Waals surface area contributed by atoms with E-state index in [1.54, 1.807) is 38.3 Å². The summed E-state index contributed by atoms with van der Waals surface area (Å²) in [4.78, 5) is 34.5. The maximum atomic E-state index is 13.7. The Bertz CT molecular complexity index is 1200. The zero-order chi connectivity index (χ0) is 25.7. The zero-order valence-electron chi connectivity index (χ0n) is 21.0. The summed E-state index contributed by atoms with van der Waals surface area (Å²) in [6.45, 7) is 12.0. The Morgan fingerprint density at radius 1 is 1.34 bits per heavy atom. The third-order valence-electron chi connectivity index (χ3n) is 6.42. The van der Waals surface area contributed by atoms with Crippen molar-refractivity contribution in [1.29, 1.82) is 5.26 Å². The standard InChI is InChI=1S/C26H33FN6O2/c1-6-23(27)20(13-28)8-7-18(4)22-15-30-33(26(22)35)24-10-9-21(14-29-24)25(34)31-11-12-32(17(2)3)19(5)16-31/h7-10,14-15,17-19,30H,6,11-12,16H2,1-5H3/b8-7-,23-20-/t18?,19-/m0/s1. The smallest absolute Gasteiger partial charge is 0.276 e. The molecule has 1 unspecified atom stereocenters. The molecule has 0 aliphatic carbocycles. The fourth-order valence-electron chi connectivity index (χ4n) is 4.35. The van der Waals surface area contributed by atoms with Gasteiger partial charge in [0.25, 0.3) is 11.5 Å². The monoisotopic (exact) mass is 480 g/mol. The minimum atomic E-state index is -0.488. The molecule has 1 aliphatic heterocycles. The number of nitriles is 1.